The summed E-state index contributed by atoms with van der Waals surface area (Å²) in [6.07, 6.45) is 7.02. The molecular weight excluding hydrogens is 190 g/mol. The molecule has 3 nitrogen and oxygen atoms in total. The first-order valence-electron chi connectivity index (χ1n) is 5.82. The topological polar surface area (TPSA) is 29.5 Å². The second-order valence-corrected chi connectivity index (χ2v) is 3.98. The van der Waals surface area contributed by atoms with E-state index in [0.717, 1.165) is 13.0 Å². The first kappa shape index (κ1) is 12.2. The largest absolute Gasteiger partial charge is 0.461 e. The number of carbonyl (C=O) groups is 1. The van der Waals surface area contributed by atoms with E-state index in [4.69, 9.17) is 4.74 Å². The summed E-state index contributed by atoms with van der Waals surface area (Å²) in [4.78, 5) is 13.6. The molecule has 0 aromatic heterocycles. The first-order chi connectivity index (χ1) is 7.33. The lowest BCUT2D eigenvalue weighted by Crippen LogP contribution is -2.30. The van der Waals surface area contributed by atoms with Gasteiger partial charge in [0.15, 0.2) is 0 Å². The molecule has 0 radical (unpaired) electrons. The van der Waals surface area contributed by atoms with E-state index in [2.05, 4.69) is 11.5 Å². The number of hydrogen-bond acceptors (Lipinski definition) is 3. The fraction of sp³-hybridized carbons (Fsp3) is 0.750. The van der Waals surface area contributed by atoms with Gasteiger partial charge >= 0.3 is 5.97 Å². The van der Waals surface area contributed by atoms with Crippen molar-refractivity contribution in [3.05, 3.63) is 12.7 Å². The fourth-order valence-corrected chi connectivity index (χ4v) is 1.85. The lowest BCUT2D eigenvalue weighted by Gasteiger charge is -2.26. The first-order valence-corrected chi connectivity index (χ1v) is 5.82. The van der Waals surface area contributed by atoms with Crippen molar-refractivity contribution >= 4 is 5.97 Å². The van der Waals surface area contributed by atoms with Gasteiger partial charge in [-0.25, -0.2) is 0 Å². The van der Waals surface area contributed by atoms with Gasteiger partial charge in [-0.15, -0.1) is 0 Å². The van der Waals surface area contributed by atoms with Crippen LogP contribution < -0.4 is 0 Å². The summed E-state index contributed by atoms with van der Waals surface area (Å²) < 4.78 is 4.91. The van der Waals surface area contributed by atoms with Gasteiger partial charge in [-0.1, -0.05) is 19.1 Å². The second kappa shape index (κ2) is 7.46. The number of hydrogen-bond donors (Lipinski definition) is 0. The van der Waals surface area contributed by atoms with E-state index < -0.39 is 0 Å². The summed E-state index contributed by atoms with van der Waals surface area (Å²) in [6.45, 7) is 7.26. The minimum Gasteiger partial charge on any atom is -0.461 e. The van der Waals surface area contributed by atoms with Gasteiger partial charge in [0.25, 0.3) is 0 Å². The average Bonchev–Trinajstić information content (AvgIpc) is 2.28. The molecule has 0 aromatic carbocycles. The normalized spacial score (nSPS) is 17.3. The molecule has 1 saturated heterocycles. The molecule has 86 valence electrons. The van der Waals surface area contributed by atoms with E-state index in [0.29, 0.717) is 13.0 Å². The molecule has 1 aliphatic heterocycles. The maximum absolute atomic E-state index is 11.2. The Kier molecular flexibility index (Phi) is 6.09. The number of esters is 1. The van der Waals surface area contributed by atoms with Crippen LogP contribution in [0.15, 0.2) is 12.7 Å². The molecule has 3 heteroatoms. The van der Waals surface area contributed by atoms with Crippen molar-refractivity contribution in [1.29, 1.82) is 0 Å². The number of piperidine rings is 1. The monoisotopic (exact) mass is 211 g/mol. The van der Waals surface area contributed by atoms with Gasteiger partial charge in [-0.3, -0.25) is 4.79 Å². The summed E-state index contributed by atoms with van der Waals surface area (Å²) in [5.74, 6) is -0.105. The predicted octanol–water partition coefficient (Wildman–Crippen LogP) is 1.98. The molecule has 1 aliphatic rings. The van der Waals surface area contributed by atoms with Crippen molar-refractivity contribution in [3.63, 3.8) is 0 Å². The molecule has 0 atom stereocenters. The molecule has 0 aromatic rings. The van der Waals surface area contributed by atoms with E-state index >= 15 is 0 Å². The maximum atomic E-state index is 11.2. The molecule has 0 aliphatic carbocycles. The minimum absolute atomic E-state index is 0.105. The second-order valence-electron chi connectivity index (χ2n) is 3.98. The van der Waals surface area contributed by atoms with Crippen LogP contribution >= 0.6 is 0 Å². The van der Waals surface area contributed by atoms with Gasteiger partial charge < -0.3 is 9.64 Å². The standard InChI is InChI=1S/C12H21NO2/c1-2-11-15-12(14)7-6-10-13-8-4-3-5-9-13/h2H,1,3-11H2. The van der Waals surface area contributed by atoms with Crippen molar-refractivity contribution in [2.24, 2.45) is 0 Å². The van der Waals surface area contributed by atoms with E-state index in [-0.39, 0.29) is 5.97 Å². The Morgan fingerprint density at radius 2 is 2.07 bits per heavy atom. The lowest BCUT2D eigenvalue weighted by atomic mass is 10.1. The maximum Gasteiger partial charge on any atom is 0.306 e. The number of ether oxygens (including phenoxy) is 1. The van der Waals surface area contributed by atoms with Crippen molar-refractivity contribution in [2.45, 2.75) is 32.1 Å². The molecule has 0 bridgehead atoms. The van der Waals surface area contributed by atoms with Gasteiger partial charge in [-0.05, 0) is 38.9 Å². The molecule has 1 fully saturated rings. The van der Waals surface area contributed by atoms with E-state index in [9.17, 15) is 4.79 Å². The van der Waals surface area contributed by atoms with E-state index in [1.165, 1.54) is 32.4 Å². The van der Waals surface area contributed by atoms with Crippen molar-refractivity contribution in [3.8, 4) is 0 Å². The van der Waals surface area contributed by atoms with Gasteiger partial charge in [0.1, 0.15) is 6.61 Å². The minimum atomic E-state index is -0.105. The number of carbonyl (C=O) groups excluding carboxylic acids is 1. The molecule has 0 spiro atoms. The summed E-state index contributed by atoms with van der Waals surface area (Å²) in [5.41, 5.74) is 0. The van der Waals surface area contributed by atoms with E-state index in [1.54, 1.807) is 6.08 Å². The SMILES string of the molecule is C=CCOC(=O)CCCN1CCCCC1. The van der Waals surface area contributed by atoms with Crippen molar-refractivity contribution in [1.82, 2.24) is 4.90 Å². The molecule has 0 unspecified atom stereocenters. The van der Waals surface area contributed by atoms with Crippen LogP contribution in [0.25, 0.3) is 0 Å². The van der Waals surface area contributed by atoms with Crippen LogP contribution in [-0.2, 0) is 9.53 Å². The third-order valence-electron chi connectivity index (χ3n) is 2.67. The Hall–Kier alpha value is -0.830. The molecular formula is C12H21NO2. The third kappa shape index (κ3) is 5.57. The molecule has 1 rings (SSSR count). The Labute approximate surface area is 92.1 Å². The van der Waals surface area contributed by atoms with Crippen LogP contribution in [0, 0.1) is 0 Å². The highest BCUT2D eigenvalue weighted by molar-refractivity contribution is 5.69. The van der Waals surface area contributed by atoms with E-state index in [1.807, 2.05) is 0 Å². The molecule has 0 amide bonds. The van der Waals surface area contributed by atoms with Crippen LogP contribution in [-0.4, -0.2) is 37.1 Å². The predicted molar refractivity (Wildman–Crippen MR) is 60.7 cm³/mol. The smallest absolute Gasteiger partial charge is 0.306 e. The average molecular weight is 211 g/mol. The Morgan fingerprint density at radius 3 is 2.73 bits per heavy atom. The summed E-state index contributed by atoms with van der Waals surface area (Å²) in [6, 6.07) is 0. The zero-order valence-corrected chi connectivity index (χ0v) is 9.41. The number of rotatable bonds is 6. The fourth-order valence-electron chi connectivity index (χ4n) is 1.85. The molecule has 0 N–H and O–H groups in total. The van der Waals surface area contributed by atoms with Crippen LogP contribution in [0.3, 0.4) is 0 Å². The van der Waals surface area contributed by atoms with Gasteiger partial charge in [0.2, 0.25) is 0 Å². The molecule has 1 heterocycles. The van der Waals surface area contributed by atoms with Gasteiger partial charge in [-0.2, -0.15) is 0 Å². The third-order valence-corrected chi connectivity index (χ3v) is 2.67. The number of likely N-dealkylation sites (tertiary alicyclic amines) is 1. The van der Waals surface area contributed by atoms with Crippen LogP contribution in [0.2, 0.25) is 0 Å². The Bertz CT molecular complexity index is 198. The zero-order chi connectivity index (χ0) is 10.9. The van der Waals surface area contributed by atoms with Gasteiger partial charge in [0.05, 0.1) is 0 Å². The summed E-state index contributed by atoms with van der Waals surface area (Å²) in [5, 5.41) is 0. The highest BCUT2D eigenvalue weighted by Crippen LogP contribution is 2.09. The van der Waals surface area contributed by atoms with Crippen LogP contribution in [0.5, 0.6) is 0 Å². The zero-order valence-electron chi connectivity index (χ0n) is 9.41. The quantitative estimate of drug-likeness (QED) is 0.497. The number of nitrogens with zero attached hydrogens (tertiary/aromatic N) is 1. The summed E-state index contributed by atoms with van der Waals surface area (Å²) >= 11 is 0. The van der Waals surface area contributed by atoms with Gasteiger partial charge in [0, 0.05) is 6.42 Å². The van der Waals surface area contributed by atoms with Crippen molar-refractivity contribution < 1.29 is 9.53 Å². The van der Waals surface area contributed by atoms with Crippen LogP contribution in [0.4, 0.5) is 0 Å². The highest BCUT2D eigenvalue weighted by atomic mass is 16.5. The van der Waals surface area contributed by atoms with Crippen molar-refractivity contribution in [2.75, 3.05) is 26.2 Å². The highest BCUT2D eigenvalue weighted by Gasteiger charge is 2.10. The summed E-state index contributed by atoms with van der Waals surface area (Å²) in [7, 11) is 0. The van der Waals surface area contributed by atoms with Crippen LogP contribution in [0.1, 0.15) is 32.1 Å². The Balaban J connectivity index is 1.99. The molecule has 0 saturated carbocycles. The molecule has 15 heavy (non-hydrogen) atoms. The Morgan fingerprint density at radius 1 is 1.33 bits per heavy atom. The lowest BCUT2D eigenvalue weighted by molar-refractivity contribution is -0.142.